The second-order valence-corrected chi connectivity index (χ2v) is 7.71. The quantitative estimate of drug-likeness (QED) is 0.662. The van der Waals surface area contributed by atoms with E-state index in [1.807, 2.05) is 41.3 Å². The van der Waals surface area contributed by atoms with E-state index in [0.717, 1.165) is 45.5 Å². The predicted octanol–water partition coefficient (Wildman–Crippen LogP) is 3.20. The SMILES string of the molecule is COc1cccc(CC(=O)N2CCN(c3nc4c(OC)cccc4s3)CC2)c1. The first-order valence-electron chi connectivity index (χ1n) is 9.27. The lowest BCUT2D eigenvalue weighted by Gasteiger charge is -2.34. The number of piperazine rings is 1. The molecule has 7 heteroatoms. The van der Waals surface area contributed by atoms with Gasteiger partial charge in [0.05, 0.1) is 25.3 Å². The summed E-state index contributed by atoms with van der Waals surface area (Å²) >= 11 is 1.67. The summed E-state index contributed by atoms with van der Waals surface area (Å²) < 4.78 is 11.8. The van der Waals surface area contributed by atoms with Gasteiger partial charge in [-0.05, 0) is 29.8 Å². The highest BCUT2D eigenvalue weighted by molar-refractivity contribution is 7.22. The highest BCUT2D eigenvalue weighted by atomic mass is 32.1. The Hall–Kier alpha value is -2.80. The molecule has 0 N–H and O–H groups in total. The van der Waals surface area contributed by atoms with Crippen molar-refractivity contribution in [2.45, 2.75) is 6.42 Å². The number of nitrogens with zero attached hydrogens (tertiary/aromatic N) is 3. The van der Waals surface area contributed by atoms with Crippen molar-refractivity contribution in [2.24, 2.45) is 0 Å². The maximum Gasteiger partial charge on any atom is 0.227 e. The Morgan fingerprint density at radius 1 is 1.07 bits per heavy atom. The number of fused-ring (bicyclic) bond motifs is 1. The first kappa shape index (κ1) is 18.6. The Kier molecular flexibility index (Phi) is 5.34. The Morgan fingerprint density at radius 2 is 1.86 bits per heavy atom. The van der Waals surface area contributed by atoms with Crippen LogP contribution in [0.25, 0.3) is 10.2 Å². The van der Waals surface area contributed by atoms with Gasteiger partial charge in [-0.2, -0.15) is 0 Å². The fourth-order valence-electron chi connectivity index (χ4n) is 3.43. The van der Waals surface area contributed by atoms with Crippen LogP contribution in [0.3, 0.4) is 0 Å². The van der Waals surface area contributed by atoms with Crippen molar-refractivity contribution < 1.29 is 14.3 Å². The summed E-state index contributed by atoms with van der Waals surface area (Å²) in [4.78, 5) is 21.6. The van der Waals surface area contributed by atoms with Crippen LogP contribution < -0.4 is 14.4 Å². The van der Waals surface area contributed by atoms with Gasteiger partial charge in [-0.3, -0.25) is 4.79 Å². The number of hydrogen-bond donors (Lipinski definition) is 0. The summed E-state index contributed by atoms with van der Waals surface area (Å²) in [6, 6.07) is 13.7. The lowest BCUT2D eigenvalue weighted by molar-refractivity contribution is -0.130. The molecule has 1 aliphatic rings. The van der Waals surface area contributed by atoms with Gasteiger partial charge in [0.25, 0.3) is 0 Å². The number of carbonyl (C=O) groups is 1. The van der Waals surface area contributed by atoms with E-state index in [-0.39, 0.29) is 5.91 Å². The first-order valence-corrected chi connectivity index (χ1v) is 10.1. The molecular formula is C21H23N3O3S. The largest absolute Gasteiger partial charge is 0.497 e. The minimum atomic E-state index is 0.152. The van der Waals surface area contributed by atoms with Crippen molar-refractivity contribution in [2.75, 3.05) is 45.3 Å². The van der Waals surface area contributed by atoms with Crippen LogP contribution in [0.4, 0.5) is 5.13 Å². The first-order chi connectivity index (χ1) is 13.7. The topological polar surface area (TPSA) is 54.9 Å². The third-order valence-electron chi connectivity index (χ3n) is 4.98. The highest BCUT2D eigenvalue weighted by Gasteiger charge is 2.23. The number of hydrogen-bond acceptors (Lipinski definition) is 6. The average Bonchev–Trinajstić information content (AvgIpc) is 3.18. The van der Waals surface area contributed by atoms with Crippen LogP contribution in [0.1, 0.15) is 5.56 Å². The Balaban J connectivity index is 1.39. The maximum atomic E-state index is 12.7. The molecule has 1 aliphatic heterocycles. The molecule has 0 atom stereocenters. The van der Waals surface area contributed by atoms with Crippen LogP contribution in [-0.2, 0) is 11.2 Å². The second kappa shape index (κ2) is 8.06. The van der Waals surface area contributed by atoms with E-state index in [4.69, 9.17) is 14.5 Å². The third-order valence-corrected chi connectivity index (χ3v) is 6.06. The number of anilines is 1. The van der Waals surface area contributed by atoms with E-state index in [0.29, 0.717) is 19.5 Å². The smallest absolute Gasteiger partial charge is 0.227 e. The fourth-order valence-corrected chi connectivity index (χ4v) is 4.46. The molecule has 1 aromatic heterocycles. The predicted molar refractivity (Wildman–Crippen MR) is 112 cm³/mol. The van der Waals surface area contributed by atoms with Gasteiger partial charge in [0.2, 0.25) is 5.91 Å². The van der Waals surface area contributed by atoms with Gasteiger partial charge < -0.3 is 19.3 Å². The number of carbonyl (C=O) groups excluding carboxylic acids is 1. The van der Waals surface area contributed by atoms with Crippen molar-refractivity contribution in [1.82, 2.24) is 9.88 Å². The summed E-state index contributed by atoms with van der Waals surface area (Å²) in [6.45, 7) is 2.98. The zero-order valence-electron chi connectivity index (χ0n) is 16.1. The van der Waals surface area contributed by atoms with E-state index in [9.17, 15) is 4.79 Å². The number of methoxy groups -OCH3 is 2. The summed E-state index contributed by atoms with van der Waals surface area (Å²) in [5, 5.41) is 0.986. The van der Waals surface area contributed by atoms with Crippen molar-refractivity contribution in [3.63, 3.8) is 0 Å². The van der Waals surface area contributed by atoms with Crippen LogP contribution in [-0.4, -0.2) is 56.2 Å². The van der Waals surface area contributed by atoms with Crippen LogP contribution in [0.15, 0.2) is 42.5 Å². The minimum Gasteiger partial charge on any atom is -0.497 e. The highest BCUT2D eigenvalue weighted by Crippen LogP contribution is 2.34. The maximum absolute atomic E-state index is 12.7. The molecule has 6 nitrogen and oxygen atoms in total. The lowest BCUT2D eigenvalue weighted by Crippen LogP contribution is -2.49. The number of ether oxygens (including phenoxy) is 2. The van der Waals surface area contributed by atoms with Gasteiger partial charge in [0.15, 0.2) is 5.13 Å². The van der Waals surface area contributed by atoms with Crippen molar-refractivity contribution >= 4 is 32.6 Å². The number of para-hydroxylation sites is 1. The number of aromatic nitrogens is 1. The average molecular weight is 398 g/mol. The number of benzene rings is 2. The van der Waals surface area contributed by atoms with Gasteiger partial charge in [0, 0.05) is 26.2 Å². The molecule has 4 rings (SSSR count). The van der Waals surface area contributed by atoms with Gasteiger partial charge in [-0.1, -0.05) is 29.5 Å². The molecule has 0 unspecified atom stereocenters. The molecule has 3 aromatic rings. The van der Waals surface area contributed by atoms with Gasteiger partial charge in [-0.25, -0.2) is 4.98 Å². The standard InChI is InChI=1S/C21H23N3O3S/c1-26-16-6-3-5-15(13-16)14-19(25)23-9-11-24(12-10-23)21-22-20-17(27-2)7-4-8-18(20)28-21/h3-8,13H,9-12,14H2,1-2H3. The van der Waals surface area contributed by atoms with Crippen LogP contribution >= 0.6 is 11.3 Å². The molecule has 1 amide bonds. The molecule has 1 fully saturated rings. The minimum absolute atomic E-state index is 0.152. The monoisotopic (exact) mass is 397 g/mol. The normalized spacial score (nSPS) is 14.4. The Labute approximate surface area is 168 Å². The molecule has 28 heavy (non-hydrogen) atoms. The fraction of sp³-hybridized carbons (Fsp3) is 0.333. The molecule has 2 aromatic carbocycles. The molecule has 146 valence electrons. The Morgan fingerprint density at radius 3 is 2.61 bits per heavy atom. The summed E-state index contributed by atoms with van der Waals surface area (Å²) in [6.07, 6.45) is 0.398. The van der Waals surface area contributed by atoms with Gasteiger partial charge in [-0.15, -0.1) is 0 Å². The van der Waals surface area contributed by atoms with E-state index in [1.54, 1.807) is 25.6 Å². The van der Waals surface area contributed by atoms with Crippen molar-refractivity contribution in [3.8, 4) is 11.5 Å². The zero-order chi connectivity index (χ0) is 19.5. The molecule has 1 saturated heterocycles. The summed E-state index contributed by atoms with van der Waals surface area (Å²) in [7, 11) is 3.30. The molecular weight excluding hydrogens is 374 g/mol. The molecule has 0 aliphatic carbocycles. The van der Waals surface area contributed by atoms with E-state index in [1.165, 1.54) is 0 Å². The Bertz CT molecular complexity index is 980. The summed E-state index contributed by atoms with van der Waals surface area (Å²) in [5.41, 5.74) is 1.88. The second-order valence-electron chi connectivity index (χ2n) is 6.70. The van der Waals surface area contributed by atoms with E-state index >= 15 is 0 Å². The molecule has 0 bridgehead atoms. The zero-order valence-corrected chi connectivity index (χ0v) is 16.9. The van der Waals surface area contributed by atoms with Crippen LogP contribution in [0.5, 0.6) is 11.5 Å². The van der Waals surface area contributed by atoms with Gasteiger partial charge in [0.1, 0.15) is 17.0 Å². The molecule has 0 saturated carbocycles. The molecule has 0 radical (unpaired) electrons. The summed E-state index contributed by atoms with van der Waals surface area (Å²) in [5.74, 6) is 1.73. The van der Waals surface area contributed by atoms with Crippen molar-refractivity contribution in [3.05, 3.63) is 48.0 Å². The van der Waals surface area contributed by atoms with Crippen molar-refractivity contribution in [1.29, 1.82) is 0 Å². The van der Waals surface area contributed by atoms with E-state index in [2.05, 4.69) is 11.0 Å². The van der Waals surface area contributed by atoms with Gasteiger partial charge >= 0.3 is 0 Å². The third kappa shape index (κ3) is 3.75. The van der Waals surface area contributed by atoms with E-state index < -0.39 is 0 Å². The molecule has 2 heterocycles. The van der Waals surface area contributed by atoms with Crippen LogP contribution in [0, 0.1) is 0 Å². The lowest BCUT2D eigenvalue weighted by atomic mass is 10.1. The van der Waals surface area contributed by atoms with Crippen LogP contribution in [0.2, 0.25) is 0 Å². The number of amides is 1. The molecule has 0 spiro atoms. The number of thiazole rings is 1. The number of rotatable bonds is 5.